The molecular formula is C15H26N2O2S. The first kappa shape index (κ1) is 17.1. The Balaban J connectivity index is 2.84. The van der Waals surface area contributed by atoms with Crippen molar-refractivity contribution >= 4 is 10.0 Å². The predicted octanol–water partition coefficient (Wildman–Crippen LogP) is 2.43. The van der Waals surface area contributed by atoms with Gasteiger partial charge in [0.15, 0.2) is 0 Å². The fourth-order valence-electron chi connectivity index (χ4n) is 1.84. The molecule has 0 fully saturated rings. The summed E-state index contributed by atoms with van der Waals surface area (Å²) in [6, 6.07) is 5.25. The van der Waals surface area contributed by atoms with Crippen LogP contribution in [-0.2, 0) is 16.6 Å². The molecule has 0 aliphatic heterocycles. The summed E-state index contributed by atoms with van der Waals surface area (Å²) in [5, 5.41) is 3.05. The molecule has 5 heteroatoms. The maximum absolute atomic E-state index is 12.3. The molecule has 0 spiro atoms. The molecule has 0 bridgehead atoms. The topological polar surface area (TPSA) is 58.2 Å². The van der Waals surface area contributed by atoms with Crippen LogP contribution in [0.2, 0.25) is 0 Å². The van der Waals surface area contributed by atoms with E-state index >= 15 is 0 Å². The minimum atomic E-state index is -3.42. The van der Waals surface area contributed by atoms with Crippen LogP contribution < -0.4 is 10.0 Å². The summed E-state index contributed by atoms with van der Waals surface area (Å²) in [5.74, 6) is 0. The zero-order chi connectivity index (χ0) is 15.4. The second-order valence-electron chi connectivity index (χ2n) is 6.33. The number of nitrogens with one attached hydrogen (secondary N) is 2. The van der Waals surface area contributed by atoms with Gasteiger partial charge < -0.3 is 5.32 Å². The summed E-state index contributed by atoms with van der Waals surface area (Å²) in [7, 11) is -1.57. The number of sulfonamides is 1. The predicted molar refractivity (Wildman–Crippen MR) is 83.2 cm³/mol. The van der Waals surface area contributed by atoms with Crippen molar-refractivity contribution in [1.29, 1.82) is 0 Å². The average Bonchev–Trinajstić information content (AvgIpc) is 2.30. The van der Waals surface area contributed by atoms with Gasteiger partial charge in [0, 0.05) is 13.1 Å². The van der Waals surface area contributed by atoms with E-state index < -0.39 is 10.0 Å². The standard InChI is InChI=1S/C15H26N2O2S/c1-12-6-7-14(10-13(12)11-16-5)20(18,19)17-9-8-15(2,3)4/h6-7,10,16-17H,8-9,11H2,1-5H3. The summed E-state index contributed by atoms with van der Waals surface area (Å²) in [4.78, 5) is 0.335. The average molecular weight is 298 g/mol. The summed E-state index contributed by atoms with van der Waals surface area (Å²) in [6.45, 7) is 9.39. The van der Waals surface area contributed by atoms with E-state index in [1.807, 2.05) is 20.0 Å². The van der Waals surface area contributed by atoms with Crippen LogP contribution >= 0.6 is 0 Å². The molecule has 0 saturated heterocycles. The third-order valence-electron chi connectivity index (χ3n) is 3.17. The van der Waals surface area contributed by atoms with E-state index in [9.17, 15) is 8.42 Å². The Labute approximate surface area is 123 Å². The second-order valence-corrected chi connectivity index (χ2v) is 8.09. The molecule has 0 atom stereocenters. The maximum Gasteiger partial charge on any atom is 0.240 e. The van der Waals surface area contributed by atoms with Crippen LogP contribution in [0.3, 0.4) is 0 Å². The molecule has 1 aromatic rings. The van der Waals surface area contributed by atoms with Gasteiger partial charge in [-0.2, -0.15) is 0 Å². The van der Waals surface area contributed by atoms with Gasteiger partial charge in [-0.05, 0) is 49.1 Å². The highest BCUT2D eigenvalue weighted by Crippen LogP contribution is 2.19. The molecular weight excluding hydrogens is 272 g/mol. The van der Waals surface area contributed by atoms with Crippen molar-refractivity contribution in [3.63, 3.8) is 0 Å². The van der Waals surface area contributed by atoms with Crippen LogP contribution in [0.4, 0.5) is 0 Å². The van der Waals surface area contributed by atoms with Crippen LogP contribution in [0.15, 0.2) is 23.1 Å². The smallest absolute Gasteiger partial charge is 0.240 e. The van der Waals surface area contributed by atoms with E-state index in [0.29, 0.717) is 18.0 Å². The van der Waals surface area contributed by atoms with E-state index in [1.54, 1.807) is 12.1 Å². The fourth-order valence-corrected chi connectivity index (χ4v) is 2.92. The van der Waals surface area contributed by atoms with Crippen molar-refractivity contribution in [3.8, 4) is 0 Å². The lowest BCUT2D eigenvalue weighted by molar-refractivity contribution is 0.378. The zero-order valence-electron chi connectivity index (χ0n) is 13.1. The maximum atomic E-state index is 12.3. The highest BCUT2D eigenvalue weighted by atomic mass is 32.2. The van der Waals surface area contributed by atoms with E-state index in [2.05, 4.69) is 30.8 Å². The van der Waals surface area contributed by atoms with Gasteiger partial charge in [0.05, 0.1) is 4.90 Å². The highest BCUT2D eigenvalue weighted by molar-refractivity contribution is 7.89. The van der Waals surface area contributed by atoms with Crippen LogP contribution in [0.1, 0.15) is 38.3 Å². The molecule has 0 heterocycles. The van der Waals surface area contributed by atoms with Gasteiger partial charge in [-0.25, -0.2) is 13.1 Å². The lowest BCUT2D eigenvalue weighted by atomic mass is 9.93. The minimum absolute atomic E-state index is 0.118. The van der Waals surface area contributed by atoms with Crippen LogP contribution in [0.25, 0.3) is 0 Å². The van der Waals surface area contributed by atoms with Gasteiger partial charge in [0.2, 0.25) is 10.0 Å². The molecule has 20 heavy (non-hydrogen) atoms. The van der Waals surface area contributed by atoms with Crippen molar-refractivity contribution in [2.24, 2.45) is 5.41 Å². The van der Waals surface area contributed by atoms with Crippen LogP contribution in [-0.4, -0.2) is 22.0 Å². The molecule has 0 radical (unpaired) electrons. The number of benzene rings is 1. The number of hydrogen-bond acceptors (Lipinski definition) is 3. The number of hydrogen-bond donors (Lipinski definition) is 2. The molecule has 1 aromatic carbocycles. The number of aryl methyl sites for hydroxylation is 1. The summed E-state index contributed by atoms with van der Waals surface area (Å²) < 4.78 is 27.2. The molecule has 114 valence electrons. The lowest BCUT2D eigenvalue weighted by Crippen LogP contribution is -2.27. The summed E-state index contributed by atoms with van der Waals surface area (Å²) in [6.07, 6.45) is 0.807. The van der Waals surface area contributed by atoms with Crippen molar-refractivity contribution in [1.82, 2.24) is 10.0 Å². The number of rotatable bonds is 6. The minimum Gasteiger partial charge on any atom is -0.316 e. The van der Waals surface area contributed by atoms with E-state index in [4.69, 9.17) is 0 Å². The first-order valence-electron chi connectivity index (χ1n) is 6.89. The molecule has 0 unspecified atom stereocenters. The Morgan fingerprint density at radius 1 is 1.20 bits per heavy atom. The quantitative estimate of drug-likeness (QED) is 0.848. The molecule has 1 rings (SSSR count). The van der Waals surface area contributed by atoms with Gasteiger partial charge in [-0.3, -0.25) is 0 Å². The fraction of sp³-hybridized carbons (Fsp3) is 0.600. The molecule has 2 N–H and O–H groups in total. The van der Waals surface area contributed by atoms with Gasteiger partial charge in [-0.15, -0.1) is 0 Å². The molecule has 4 nitrogen and oxygen atoms in total. The Bertz CT molecular complexity index is 545. The first-order chi connectivity index (χ1) is 9.15. The lowest BCUT2D eigenvalue weighted by Gasteiger charge is -2.18. The highest BCUT2D eigenvalue weighted by Gasteiger charge is 2.17. The van der Waals surface area contributed by atoms with Crippen LogP contribution in [0, 0.1) is 12.3 Å². The van der Waals surface area contributed by atoms with Crippen molar-refractivity contribution in [3.05, 3.63) is 29.3 Å². The monoisotopic (exact) mass is 298 g/mol. The van der Waals surface area contributed by atoms with E-state index in [0.717, 1.165) is 17.5 Å². The molecule has 0 aliphatic rings. The molecule has 0 aliphatic carbocycles. The van der Waals surface area contributed by atoms with Gasteiger partial charge in [0.25, 0.3) is 0 Å². The van der Waals surface area contributed by atoms with E-state index in [1.165, 1.54) is 0 Å². The molecule has 0 saturated carbocycles. The normalized spacial score (nSPS) is 12.7. The van der Waals surface area contributed by atoms with E-state index in [-0.39, 0.29) is 5.41 Å². The summed E-state index contributed by atoms with van der Waals surface area (Å²) >= 11 is 0. The van der Waals surface area contributed by atoms with Gasteiger partial charge in [-0.1, -0.05) is 26.8 Å². The van der Waals surface area contributed by atoms with Gasteiger partial charge >= 0.3 is 0 Å². The second kappa shape index (κ2) is 6.70. The Morgan fingerprint density at radius 2 is 1.85 bits per heavy atom. The van der Waals surface area contributed by atoms with Gasteiger partial charge in [0.1, 0.15) is 0 Å². The summed E-state index contributed by atoms with van der Waals surface area (Å²) in [5.41, 5.74) is 2.21. The SMILES string of the molecule is CNCc1cc(S(=O)(=O)NCCC(C)(C)C)ccc1C. The third kappa shape index (κ3) is 5.23. The van der Waals surface area contributed by atoms with Crippen molar-refractivity contribution in [2.75, 3.05) is 13.6 Å². The Hall–Kier alpha value is -0.910. The van der Waals surface area contributed by atoms with Crippen molar-refractivity contribution in [2.45, 2.75) is 45.6 Å². The zero-order valence-corrected chi connectivity index (χ0v) is 13.9. The first-order valence-corrected chi connectivity index (χ1v) is 8.38. The molecule has 0 amide bonds. The Kier molecular flexibility index (Phi) is 5.74. The largest absolute Gasteiger partial charge is 0.316 e. The van der Waals surface area contributed by atoms with Crippen molar-refractivity contribution < 1.29 is 8.42 Å². The Morgan fingerprint density at radius 3 is 2.40 bits per heavy atom. The molecule has 0 aromatic heterocycles. The third-order valence-corrected chi connectivity index (χ3v) is 4.62. The van der Waals surface area contributed by atoms with Crippen LogP contribution in [0.5, 0.6) is 0 Å².